The molecule has 3 rings (SSSR count). The Morgan fingerprint density at radius 2 is 1.82 bits per heavy atom. The molecule has 0 fully saturated rings. The number of hydrogen-bond acceptors (Lipinski definition) is 5. The average Bonchev–Trinajstić information content (AvgIpc) is 3.05. The number of esters is 1. The number of alkyl halides is 2. The van der Waals surface area contributed by atoms with Gasteiger partial charge < -0.3 is 14.8 Å². The average molecular weight is 455 g/mol. The van der Waals surface area contributed by atoms with Crippen LogP contribution in [0.1, 0.15) is 32.9 Å². The SMILES string of the molecule is COC(=O)c1ccccc1Cn1nc(C)c(NC(=O)/C=C\c2ccc(OC(F)F)cc2)c1C. The number of hydrogen-bond donors (Lipinski definition) is 1. The molecule has 33 heavy (non-hydrogen) atoms. The van der Waals surface area contributed by atoms with E-state index >= 15 is 0 Å². The Balaban J connectivity index is 1.71. The fraction of sp³-hybridized carbons (Fsp3) is 0.208. The van der Waals surface area contributed by atoms with Gasteiger partial charge in [0.15, 0.2) is 0 Å². The van der Waals surface area contributed by atoms with Crippen LogP contribution in [0.5, 0.6) is 5.75 Å². The van der Waals surface area contributed by atoms with Gasteiger partial charge in [-0.2, -0.15) is 13.9 Å². The second-order valence-corrected chi connectivity index (χ2v) is 7.12. The molecule has 0 atom stereocenters. The molecular weight excluding hydrogens is 432 g/mol. The van der Waals surface area contributed by atoms with Crippen molar-refractivity contribution < 1.29 is 27.8 Å². The zero-order valence-electron chi connectivity index (χ0n) is 18.3. The van der Waals surface area contributed by atoms with Gasteiger partial charge in [-0.05, 0) is 49.2 Å². The first-order valence-corrected chi connectivity index (χ1v) is 10.0. The first-order valence-electron chi connectivity index (χ1n) is 10.0. The van der Waals surface area contributed by atoms with Crippen LogP contribution in [-0.4, -0.2) is 35.4 Å². The van der Waals surface area contributed by atoms with Crippen molar-refractivity contribution in [1.29, 1.82) is 0 Å². The first-order chi connectivity index (χ1) is 15.8. The van der Waals surface area contributed by atoms with E-state index in [2.05, 4.69) is 15.2 Å². The maximum Gasteiger partial charge on any atom is 0.387 e. The molecule has 0 aliphatic carbocycles. The van der Waals surface area contributed by atoms with Crippen molar-refractivity contribution in [2.24, 2.45) is 0 Å². The molecule has 9 heteroatoms. The van der Waals surface area contributed by atoms with Crippen molar-refractivity contribution in [3.8, 4) is 5.75 Å². The van der Waals surface area contributed by atoms with E-state index in [9.17, 15) is 18.4 Å². The minimum Gasteiger partial charge on any atom is -0.465 e. The van der Waals surface area contributed by atoms with Crippen LogP contribution in [0.3, 0.4) is 0 Å². The number of aryl methyl sites for hydroxylation is 1. The molecule has 0 unspecified atom stereocenters. The van der Waals surface area contributed by atoms with Crippen LogP contribution in [0.4, 0.5) is 14.5 Å². The fourth-order valence-corrected chi connectivity index (χ4v) is 3.26. The Morgan fingerprint density at radius 3 is 2.48 bits per heavy atom. The highest BCUT2D eigenvalue weighted by Gasteiger charge is 2.16. The molecule has 0 saturated carbocycles. The van der Waals surface area contributed by atoms with Crippen LogP contribution in [-0.2, 0) is 16.1 Å². The fourth-order valence-electron chi connectivity index (χ4n) is 3.26. The third-order valence-corrected chi connectivity index (χ3v) is 4.90. The summed E-state index contributed by atoms with van der Waals surface area (Å²) in [4.78, 5) is 24.5. The Bertz CT molecular complexity index is 1170. The Kier molecular flexibility index (Phi) is 7.55. The summed E-state index contributed by atoms with van der Waals surface area (Å²) in [5.74, 6) is -0.762. The van der Waals surface area contributed by atoms with Gasteiger partial charge >= 0.3 is 12.6 Å². The molecule has 0 radical (unpaired) electrons. The lowest BCUT2D eigenvalue weighted by molar-refractivity contribution is -0.111. The molecule has 3 aromatic rings. The lowest BCUT2D eigenvalue weighted by Crippen LogP contribution is -2.12. The summed E-state index contributed by atoms with van der Waals surface area (Å²) in [6.07, 6.45) is 2.90. The number of carbonyl (C=O) groups excluding carboxylic acids is 2. The van der Waals surface area contributed by atoms with Crippen molar-refractivity contribution in [1.82, 2.24) is 9.78 Å². The number of anilines is 1. The number of nitrogens with zero attached hydrogens (tertiary/aromatic N) is 2. The highest BCUT2D eigenvalue weighted by atomic mass is 19.3. The van der Waals surface area contributed by atoms with Crippen LogP contribution in [0.25, 0.3) is 6.08 Å². The minimum absolute atomic E-state index is 0.0408. The van der Waals surface area contributed by atoms with E-state index < -0.39 is 12.6 Å². The van der Waals surface area contributed by atoms with Crippen LogP contribution >= 0.6 is 0 Å². The Labute approximate surface area is 189 Å². The molecule has 0 saturated heterocycles. The molecule has 0 aliphatic rings. The van der Waals surface area contributed by atoms with Crippen molar-refractivity contribution >= 4 is 23.6 Å². The van der Waals surface area contributed by atoms with Crippen molar-refractivity contribution in [3.05, 3.63) is 82.7 Å². The third kappa shape index (κ3) is 6.03. The molecule has 1 aromatic heterocycles. The maximum absolute atomic E-state index is 12.4. The second-order valence-electron chi connectivity index (χ2n) is 7.12. The van der Waals surface area contributed by atoms with E-state index in [1.165, 1.54) is 25.3 Å². The number of rotatable bonds is 8. The molecule has 1 heterocycles. The summed E-state index contributed by atoms with van der Waals surface area (Å²) in [5, 5.41) is 7.30. The van der Waals surface area contributed by atoms with E-state index in [-0.39, 0.29) is 11.7 Å². The molecule has 172 valence electrons. The molecule has 7 nitrogen and oxygen atoms in total. The van der Waals surface area contributed by atoms with Gasteiger partial charge in [-0.3, -0.25) is 9.48 Å². The van der Waals surface area contributed by atoms with Crippen molar-refractivity contribution in [2.45, 2.75) is 27.0 Å². The number of carbonyl (C=O) groups is 2. The monoisotopic (exact) mass is 455 g/mol. The van der Waals surface area contributed by atoms with Gasteiger partial charge in [0.1, 0.15) is 5.75 Å². The number of benzene rings is 2. The predicted octanol–water partition coefficient (Wildman–Crippen LogP) is 4.59. The smallest absolute Gasteiger partial charge is 0.387 e. The molecule has 0 aliphatic heterocycles. The number of aromatic nitrogens is 2. The van der Waals surface area contributed by atoms with Gasteiger partial charge in [-0.1, -0.05) is 30.3 Å². The number of nitrogens with one attached hydrogen (secondary N) is 1. The molecule has 2 aromatic carbocycles. The van der Waals surface area contributed by atoms with Crippen molar-refractivity contribution in [2.75, 3.05) is 12.4 Å². The Morgan fingerprint density at radius 1 is 1.12 bits per heavy atom. The number of halogens is 2. The zero-order chi connectivity index (χ0) is 24.0. The number of ether oxygens (including phenoxy) is 2. The van der Waals surface area contributed by atoms with Crippen LogP contribution in [0, 0.1) is 13.8 Å². The summed E-state index contributed by atoms with van der Waals surface area (Å²) in [6, 6.07) is 13.0. The van der Waals surface area contributed by atoms with E-state index in [1.807, 2.05) is 19.1 Å². The molecule has 1 amide bonds. The normalized spacial score (nSPS) is 11.1. The van der Waals surface area contributed by atoms with Gasteiger partial charge in [-0.15, -0.1) is 0 Å². The van der Waals surface area contributed by atoms with Gasteiger partial charge in [0.05, 0.1) is 36.3 Å². The minimum atomic E-state index is -2.89. The summed E-state index contributed by atoms with van der Waals surface area (Å²) in [7, 11) is 1.33. The van der Waals surface area contributed by atoms with Crippen LogP contribution < -0.4 is 10.1 Å². The summed E-state index contributed by atoms with van der Waals surface area (Å²) >= 11 is 0. The summed E-state index contributed by atoms with van der Waals surface area (Å²) in [5.41, 5.74) is 3.76. The van der Waals surface area contributed by atoms with E-state index in [0.717, 1.165) is 11.3 Å². The number of methoxy groups -OCH3 is 1. The highest BCUT2D eigenvalue weighted by Crippen LogP contribution is 2.22. The molecule has 0 spiro atoms. The third-order valence-electron chi connectivity index (χ3n) is 4.90. The van der Waals surface area contributed by atoms with Gasteiger partial charge in [0, 0.05) is 6.08 Å². The van der Waals surface area contributed by atoms with E-state index in [4.69, 9.17) is 4.74 Å². The molecule has 0 bridgehead atoms. The topological polar surface area (TPSA) is 82.5 Å². The lowest BCUT2D eigenvalue weighted by atomic mass is 10.1. The second kappa shape index (κ2) is 10.5. The van der Waals surface area contributed by atoms with Crippen molar-refractivity contribution in [3.63, 3.8) is 0 Å². The van der Waals surface area contributed by atoms with Crippen LogP contribution in [0.2, 0.25) is 0 Å². The summed E-state index contributed by atoms with van der Waals surface area (Å²) < 4.78 is 35.3. The van der Waals surface area contributed by atoms with Gasteiger partial charge in [-0.25, -0.2) is 4.79 Å². The Hall–Kier alpha value is -4.01. The standard InChI is InChI=1S/C24H23F2N3O4/c1-15-22(27-21(30)13-10-17-8-11-19(12-9-17)33-24(25)26)16(2)29(28-15)14-18-6-4-5-7-20(18)23(31)32-3/h4-13,24H,14H2,1-3H3,(H,27,30)/b13-10-. The van der Waals surface area contributed by atoms with Gasteiger partial charge in [0.2, 0.25) is 5.91 Å². The lowest BCUT2D eigenvalue weighted by Gasteiger charge is -2.10. The van der Waals surface area contributed by atoms with Crippen LogP contribution in [0.15, 0.2) is 54.6 Å². The predicted molar refractivity (Wildman–Crippen MR) is 119 cm³/mol. The molecule has 1 N–H and O–H groups in total. The molecular formula is C24H23F2N3O4. The zero-order valence-corrected chi connectivity index (χ0v) is 18.3. The highest BCUT2D eigenvalue weighted by molar-refractivity contribution is 6.02. The van der Waals surface area contributed by atoms with Gasteiger partial charge in [0.25, 0.3) is 0 Å². The number of amides is 1. The first kappa shape index (κ1) is 23.6. The maximum atomic E-state index is 12.4. The summed E-state index contributed by atoms with van der Waals surface area (Å²) in [6.45, 7) is 1.04. The van der Waals surface area contributed by atoms with E-state index in [1.54, 1.807) is 41.9 Å². The quantitative estimate of drug-likeness (QED) is 0.397. The van der Waals surface area contributed by atoms with E-state index in [0.29, 0.717) is 29.1 Å². The largest absolute Gasteiger partial charge is 0.465 e.